The first-order valence-corrected chi connectivity index (χ1v) is 6.63. The van der Waals surface area contributed by atoms with Gasteiger partial charge in [0, 0.05) is 24.1 Å². The molecule has 3 rings (SSSR count). The molecule has 21 heavy (non-hydrogen) atoms. The van der Waals surface area contributed by atoms with E-state index in [0.29, 0.717) is 5.56 Å². The number of rotatable bonds is 3. The molecule has 1 atom stereocenters. The van der Waals surface area contributed by atoms with Gasteiger partial charge in [-0.3, -0.25) is 4.79 Å². The van der Waals surface area contributed by atoms with Crippen LogP contribution in [0.5, 0.6) is 0 Å². The highest BCUT2D eigenvalue weighted by molar-refractivity contribution is 6.61. The van der Waals surface area contributed by atoms with Crippen molar-refractivity contribution >= 4 is 23.0 Å². The maximum atomic E-state index is 10.8. The van der Waals surface area contributed by atoms with Crippen molar-refractivity contribution in [3.05, 3.63) is 60.2 Å². The first-order valence-electron chi connectivity index (χ1n) is 6.25. The van der Waals surface area contributed by atoms with Gasteiger partial charge in [-0.1, -0.05) is 54.6 Å². The Morgan fingerprint density at radius 2 is 1.43 bits per heavy atom. The Balaban J connectivity index is 0.000000218. The third-order valence-electron chi connectivity index (χ3n) is 2.76. The predicted octanol–water partition coefficient (Wildman–Crippen LogP) is 4.29. The molecule has 0 spiro atoms. The summed E-state index contributed by atoms with van der Waals surface area (Å²) in [5.74, 6) is -0.554. The lowest BCUT2D eigenvalue weighted by Gasteiger charge is -2.15. The largest absolute Gasteiger partial charge is 0.421 e. The van der Waals surface area contributed by atoms with Crippen molar-refractivity contribution in [2.45, 2.75) is 13.2 Å². The minimum absolute atomic E-state index is 0.543. The van der Waals surface area contributed by atoms with Crippen molar-refractivity contribution in [1.29, 1.82) is 0 Å². The predicted molar refractivity (Wildman–Crippen MR) is 78.7 cm³/mol. The number of ether oxygens (including phenoxy) is 2. The van der Waals surface area contributed by atoms with Crippen molar-refractivity contribution in [1.82, 2.24) is 0 Å². The zero-order valence-electron chi connectivity index (χ0n) is 11.3. The van der Waals surface area contributed by atoms with Crippen LogP contribution in [0.4, 0.5) is 4.79 Å². The summed E-state index contributed by atoms with van der Waals surface area (Å²) in [6.07, 6.45) is -1.09. The van der Waals surface area contributed by atoms with E-state index in [-0.39, 0.29) is 0 Å². The highest BCUT2D eigenvalue weighted by Gasteiger charge is 2.17. The fraction of sp³-hybridized carbons (Fsp3) is 0.125. The minimum Gasteiger partial charge on any atom is -0.421 e. The summed E-state index contributed by atoms with van der Waals surface area (Å²) >= 11 is 5.05. The van der Waals surface area contributed by atoms with Gasteiger partial charge in [-0.15, -0.1) is 0 Å². The van der Waals surface area contributed by atoms with Crippen LogP contribution in [0, 0.1) is 0 Å². The second kappa shape index (κ2) is 6.90. The van der Waals surface area contributed by atoms with Gasteiger partial charge in [0.1, 0.15) is 0 Å². The average molecular weight is 305 g/mol. The zero-order valence-corrected chi connectivity index (χ0v) is 12.0. The monoisotopic (exact) mass is 304 g/mol. The average Bonchev–Trinajstić information content (AvgIpc) is 2.43. The van der Waals surface area contributed by atoms with Crippen LogP contribution < -0.4 is 0 Å². The molecule has 108 valence electrons. The maximum Gasteiger partial charge on any atom is 0.407 e. The number of carbonyl (C=O) groups is 2. The quantitative estimate of drug-likeness (QED) is 0.411. The molecule has 0 fully saturated rings. The molecule has 0 saturated carbocycles. The van der Waals surface area contributed by atoms with Gasteiger partial charge in [0.05, 0.1) is 0 Å². The summed E-state index contributed by atoms with van der Waals surface area (Å²) in [5.41, 5.74) is 2.37. The SMILES string of the molecule is CC(=O)OC(OC(=O)Cl)c1ccccc1.c1cc2ccc1-2. The van der Waals surface area contributed by atoms with E-state index >= 15 is 0 Å². The third kappa shape index (κ3) is 4.33. The summed E-state index contributed by atoms with van der Waals surface area (Å²) in [5, 5.41) is 0. The molecule has 0 N–H and O–H groups in total. The fourth-order valence-electron chi connectivity index (χ4n) is 1.67. The molecule has 0 amide bonds. The van der Waals surface area contributed by atoms with Crippen molar-refractivity contribution in [2.24, 2.45) is 0 Å². The summed E-state index contributed by atoms with van der Waals surface area (Å²) < 4.78 is 9.41. The lowest BCUT2D eigenvalue weighted by Crippen LogP contribution is -2.13. The van der Waals surface area contributed by atoms with Crippen molar-refractivity contribution in [3.63, 3.8) is 0 Å². The molecule has 0 radical (unpaired) electrons. The van der Waals surface area contributed by atoms with Crippen molar-refractivity contribution < 1.29 is 19.1 Å². The Labute approximate surface area is 127 Å². The maximum absolute atomic E-state index is 10.8. The highest BCUT2D eigenvalue weighted by atomic mass is 35.5. The standard InChI is InChI=1S/C10H9ClO4.C6H4/c1-7(12)14-9(15-10(11)13)8-5-3-2-4-6-8;1-2-6-4-3-5(1)6/h2-6,9H,1H3;1-4H. The van der Waals surface area contributed by atoms with Crippen LogP contribution in [0.3, 0.4) is 0 Å². The van der Waals surface area contributed by atoms with Crippen LogP contribution in [0.25, 0.3) is 11.1 Å². The Hall–Kier alpha value is -2.33. The number of benzene rings is 2. The van der Waals surface area contributed by atoms with E-state index in [0.717, 1.165) is 0 Å². The van der Waals surface area contributed by atoms with Crippen LogP contribution in [-0.2, 0) is 14.3 Å². The lowest BCUT2D eigenvalue weighted by atomic mass is 9.95. The van der Waals surface area contributed by atoms with E-state index in [9.17, 15) is 9.59 Å². The zero-order chi connectivity index (χ0) is 15.2. The summed E-state index contributed by atoms with van der Waals surface area (Å²) in [4.78, 5) is 21.3. The second-order valence-electron chi connectivity index (χ2n) is 4.28. The normalized spacial score (nSPS) is 11.5. The second-order valence-corrected chi connectivity index (χ2v) is 4.59. The molecule has 1 aromatic carbocycles. The Morgan fingerprint density at radius 1 is 0.905 bits per heavy atom. The molecular weight excluding hydrogens is 292 g/mol. The molecule has 2 aliphatic carbocycles. The topological polar surface area (TPSA) is 52.6 Å². The summed E-state index contributed by atoms with van der Waals surface area (Å²) in [7, 11) is 0. The van der Waals surface area contributed by atoms with Crippen molar-refractivity contribution in [3.8, 4) is 11.1 Å². The van der Waals surface area contributed by atoms with E-state index in [4.69, 9.17) is 16.3 Å². The number of hydrogen-bond donors (Lipinski definition) is 0. The third-order valence-corrected chi connectivity index (χ3v) is 2.85. The van der Waals surface area contributed by atoms with Gasteiger partial charge in [-0.2, -0.15) is 0 Å². The van der Waals surface area contributed by atoms with Gasteiger partial charge in [0.2, 0.25) is 0 Å². The molecule has 5 heteroatoms. The molecule has 2 aliphatic rings. The molecule has 0 aromatic heterocycles. The molecule has 0 saturated heterocycles. The molecular formula is C16H13ClO4. The smallest absolute Gasteiger partial charge is 0.407 e. The van der Waals surface area contributed by atoms with Crippen LogP contribution in [-0.4, -0.2) is 11.4 Å². The van der Waals surface area contributed by atoms with E-state index in [1.807, 2.05) is 0 Å². The molecule has 0 heterocycles. The van der Waals surface area contributed by atoms with Gasteiger partial charge in [0.15, 0.2) is 0 Å². The highest BCUT2D eigenvalue weighted by Crippen LogP contribution is 2.29. The fourth-order valence-corrected chi connectivity index (χ4v) is 1.75. The number of fused-ring (bicyclic) bond motifs is 1. The van der Waals surface area contributed by atoms with E-state index < -0.39 is 17.7 Å². The minimum atomic E-state index is -1.09. The van der Waals surface area contributed by atoms with Gasteiger partial charge in [-0.25, -0.2) is 4.79 Å². The van der Waals surface area contributed by atoms with Gasteiger partial charge in [-0.05, 0) is 11.1 Å². The molecule has 0 bridgehead atoms. The van der Waals surface area contributed by atoms with Crippen LogP contribution >= 0.6 is 11.6 Å². The number of esters is 1. The van der Waals surface area contributed by atoms with Crippen molar-refractivity contribution in [2.75, 3.05) is 0 Å². The Kier molecular flexibility index (Phi) is 4.95. The van der Waals surface area contributed by atoms with Crippen LogP contribution in [0.1, 0.15) is 18.8 Å². The van der Waals surface area contributed by atoms with E-state index in [1.54, 1.807) is 30.3 Å². The first-order chi connectivity index (χ1) is 10.1. The Bertz CT molecular complexity index is 585. The summed E-state index contributed by atoms with van der Waals surface area (Å²) in [6.45, 7) is 1.22. The van der Waals surface area contributed by atoms with Crippen LogP contribution in [0.15, 0.2) is 54.6 Å². The van der Waals surface area contributed by atoms with Gasteiger partial charge < -0.3 is 9.47 Å². The first kappa shape index (κ1) is 15.1. The van der Waals surface area contributed by atoms with E-state index in [2.05, 4.69) is 29.0 Å². The molecule has 1 aromatic rings. The van der Waals surface area contributed by atoms with Gasteiger partial charge >= 0.3 is 11.4 Å². The molecule has 1 unspecified atom stereocenters. The number of halogens is 1. The summed E-state index contributed by atoms with van der Waals surface area (Å²) in [6, 6.07) is 17.1. The number of carbonyl (C=O) groups excluding carboxylic acids is 2. The number of hydrogen-bond acceptors (Lipinski definition) is 4. The van der Waals surface area contributed by atoms with E-state index in [1.165, 1.54) is 18.1 Å². The molecule has 0 aliphatic heterocycles. The van der Waals surface area contributed by atoms with Crippen LogP contribution in [0.2, 0.25) is 0 Å². The molecule has 4 nitrogen and oxygen atoms in total. The lowest BCUT2D eigenvalue weighted by molar-refractivity contribution is -0.165. The van der Waals surface area contributed by atoms with Gasteiger partial charge in [0.25, 0.3) is 6.29 Å². The Morgan fingerprint density at radius 3 is 1.76 bits per heavy atom.